The zero-order valence-electron chi connectivity index (χ0n) is 13.2. The summed E-state index contributed by atoms with van der Waals surface area (Å²) in [6, 6.07) is -1.03. The molecular formula is C14H21N3O4S. The Morgan fingerprint density at radius 2 is 1.91 bits per heavy atom. The van der Waals surface area contributed by atoms with Crippen molar-refractivity contribution in [1.82, 2.24) is 15.3 Å². The predicted molar refractivity (Wildman–Crippen MR) is 82.6 cm³/mol. The van der Waals surface area contributed by atoms with E-state index in [1.54, 1.807) is 0 Å². The molecule has 0 saturated carbocycles. The Balaban J connectivity index is 2.66. The maximum absolute atomic E-state index is 11.9. The van der Waals surface area contributed by atoms with Crippen molar-refractivity contribution < 1.29 is 19.4 Å². The lowest BCUT2D eigenvalue weighted by Crippen LogP contribution is -2.44. The van der Waals surface area contributed by atoms with E-state index in [2.05, 4.69) is 20.0 Å². The molecule has 1 heterocycles. The first kappa shape index (κ1) is 18.4. The molecule has 0 aliphatic rings. The maximum atomic E-state index is 11.9. The summed E-state index contributed by atoms with van der Waals surface area (Å²) in [6.45, 7) is 3.27. The predicted octanol–water partition coefficient (Wildman–Crippen LogP) is 0.398. The van der Waals surface area contributed by atoms with Gasteiger partial charge in [-0.2, -0.15) is 0 Å². The number of aryl methyl sites for hydroxylation is 2. The molecular weight excluding hydrogens is 306 g/mol. The van der Waals surface area contributed by atoms with Crippen LogP contribution in [-0.4, -0.2) is 53.0 Å². The fourth-order valence-corrected chi connectivity index (χ4v) is 2.44. The molecule has 22 heavy (non-hydrogen) atoms. The second-order valence-corrected chi connectivity index (χ2v) is 5.46. The number of aliphatic hydroxyl groups excluding tert-OH is 1. The fraction of sp³-hybridized carbons (Fsp3) is 0.571. The van der Waals surface area contributed by atoms with E-state index in [-0.39, 0.29) is 12.3 Å². The fourth-order valence-electron chi connectivity index (χ4n) is 1.99. The number of hydrogen-bond donors (Lipinski definition) is 2. The maximum Gasteiger partial charge on any atom is 0.330 e. The van der Waals surface area contributed by atoms with Crippen LogP contribution in [0.15, 0.2) is 5.16 Å². The lowest BCUT2D eigenvalue weighted by atomic mass is 10.1. The smallest absolute Gasteiger partial charge is 0.330 e. The number of esters is 1. The third kappa shape index (κ3) is 4.96. The summed E-state index contributed by atoms with van der Waals surface area (Å²) in [5.74, 6) is -1.01. The number of amides is 1. The van der Waals surface area contributed by atoms with Gasteiger partial charge in [0.25, 0.3) is 0 Å². The summed E-state index contributed by atoms with van der Waals surface area (Å²) in [7, 11) is 1.20. The van der Waals surface area contributed by atoms with Gasteiger partial charge in [0.2, 0.25) is 5.91 Å². The van der Waals surface area contributed by atoms with Gasteiger partial charge in [-0.15, -0.1) is 0 Å². The van der Waals surface area contributed by atoms with Crippen LogP contribution in [0.5, 0.6) is 0 Å². The highest BCUT2D eigenvalue weighted by Gasteiger charge is 2.20. The summed E-state index contributed by atoms with van der Waals surface area (Å²) >= 11 is 1.47. The molecule has 1 aromatic heterocycles. The molecule has 0 aromatic carbocycles. The SMILES string of the molecule is COC(=O)[C@@H](CO)NC(=O)CCc1c(C)nc(SC)nc1C. The van der Waals surface area contributed by atoms with E-state index in [1.165, 1.54) is 18.9 Å². The average molecular weight is 327 g/mol. The van der Waals surface area contributed by atoms with E-state index < -0.39 is 18.6 Å². The highest BCUT2D eigenvalue weighted by molar-refractivity contribution is 7.98. The molecule has 0 radical (unpaired) electrons. The lowest BCUT2D eigenvalue weighted by Gasteiger charge is -2.14. The molecule has 0 aliphatic carbocycles. The van der Waals surface area contributed by atoms with Gasteiger partial charge in [-0.3, -0.25) is 4.79 Å². The van der Waals surface area contributed by atoms with Gasteiger partial charge in [0, 0.05) is 17.8 Å². The number of nitrogens with one attached hydrogen (secondary N) is 1. The van der Waals surface area contributed by atoms with E-state index in [0.29, 0.717) is 11.6 Å². The number of aliphatic hydroxyl groups is 1. The molecule has 1 rings (SSSR count). The van der Waals surface area contributed by atoms with Gasteiger partial charge in [-0.05, 0) is 32.1 Å². The first-order valence-electron chi connectivity index (χ1n) is 6.79. The van der Waals surface area contributed by atoms with Crippen molar-refractivity contribution in [3.63, 3.8) is 0 Å². The minimum Gasteiger partial charge on any atom is -0.467 e. The first-order valence-corrected chi connectivity index (χ1v) is 8.01. The average Bonchev–Trinajstić information content (AvgIpc) is 2.50. The zero-order valence-corrected chi connectivity index (χ0v) is 14.0. The Hall–Kier alpha value is -1.67. The number of methoxy groups -OCH3 is 1. The summed E-state index contributed by atoms with van der Waals surface area (Å²) in [5, 5.41) is 12.2. The van der Waals surface area contributed by atoms with Crippen LogP contribution >= 0.6 is 11.8 Å². The number of ether oxygens (including phenoxy) is 1. The van der Waals surface area contributed by atoms with E-state index >= 15 is 0 Å². The van der Waals surface area contributed by atoms with Crippen LogP contribution in [-0.2, 0) is 20.7 Å². The van der Waals surface area contributed by atoms with Crippen molar-refractivity contribution >= 4 is 23.6 Å². The molecule has 0 aliphatic heterocycles. The molecule has 1 aromatic rings. The monoisotopic (exact) mass is 327 g/mol. The molecule has 0 fully saturated rings. The topological polar surface area (TPSA) is 101 Å². The van der Waals surface area contributed by atoms with Crippen molar-refractivity contribution in [3.8, 4) is 0 Å². The number of rotatable bonds is 7. The number of aromatic nitrogens is 2. The zero-order chi connectivity index (χ0) is 16.7. The van der Waals surface area contributed by atoms with Crippen LogP contribution < -0.4 is 5.32 Å². The summed E-state index contributed by atoms with van der Waals surface area (Å²) in [4.78, 5) is 31.9. The molecule has 1 atom stereocenters. The first-order chi connectivity index (χ1) is 10.4. The summed E-state index contributed by atoms with van der Waals surface area (Å²) in [5.41, 5.74) is 2.61. The normalized spacial score (nSPS) is 11.9. The number of nitrogens with zero attached hydrogens (tertiary/aromatic N) is 2. The van der Waals surface area contributed by atoms with Crippen molar-refractivity contribution in [2.24, 2.45) is 0 Å². The van der Waals surface area contributed by atoms with E-state index in [0.717, 1.165) is 17.0 Å². The molecule has 0 saturated heterocycles. The third-order valence-corrected chi connectivity index (χ3v) is 3.74. The van der Waals surface area contributed by atoms with Gasteiger partial charge in [0.05, 0.1) is 13.7 Å². The number of thioether (sulfide) groups is 1. The third-order valence-electron chi connectivity index (χ3n) is 3.19. The van der Waals surface area contributed by atoms with Crippen LogP contribution in [0.1, 0.15) is 23.4 Å². The Morgan fingerprint density at radius 3 is 2.36 bits per heavy atom. The Bertz CT molecular complexity index is 528. The van der Waals surface area contributed by atoms with Gasteiger partial charge in [-0.25, -0.2) is 14.8 Å². The van der Waals surface area contributed by atoms with E-state index in [4.69, 9.17) is 5.11 Å². The van der Waals surface area contributed by atoms with Gasteiger partial charge in [0.15, 0.2) is 11.2 Å². The van der Waals surface area contributed by atoms with Crippen molar-refractivity contribution in [3.05, 3.63) is 17.0 Å². The molecule has 8 heteroatoms. The molecule has 7 nitrogen and oxygen atoms in total. The lowest BCUT2D eigenvalue weighted by molar-refractivity contribution is -0.146. The Morgan fingerprint density at radius 1 is 1.32 bits per heavy atom. The minimum atomic E-state index is -1.03. The molecule has 0 unspecified atom stereocenters. The number of carbonyl (C=O) groups excluding carboxylic acids is 2. The second-order valence-electron chi connectivity index (χ2n) is 4.69. The van der Waals surface area contributed by atoms with Crippen molar-refractivity contribution in [2.75, 3.05) is 20.0 Å². The van der Waals surface area contributed by atoms with Crippen LogP contribution in [0, 0.1) is 13.8 Å². The van der Waals surface area contributed by atoms with E-state index in [1.807, 2.05) is 20.1 Å². The van der Waals surface area contributed by atoms with Gasteiger partial charge < -0.3 is 15.2 Å². The highest BCUT2D eigenvalue weighted by Crippen LogP contribution is 2.17. The van der Waals surface area contributed by atoms with Crippen LogP contribution in [0.2, 0.25) is 0 Å². The largest absolute Gasteiger partial charge is 0.467 e. The minimum absolute atomic E-state index is 0.178. The Labute approximate surface area is 133 Å². The molecule has 122 valence electrons. The van der Waals surface area contributed by atoms with Crippen LogP contribution in [0.4, 0.5) is 0 Å². The molecule has 1 amide bonds. The highest BCUT2D eigenvalue weighted by atomic mass is 32.2. The summed E-state index contributed by atoms with van der Waals surface area (Å²) < 4.78 is 4.49. The Kier molecular flexibility index (Phi) is 7.26. The van der Waals surface area contributed by atoms with E-state index in [9.17, 15) is 9.59 Å². The van der Waals surface area contributed by atoms with Gasteiger partial charge in [-0.1, -0.05) is 11.8 Å². The number of carbonyl (C=O) groups is 2. The standard InChI is InChI=1S/C14H21N3O4S/c1-8-10(9(2)16-14(15-8)22-4)5-6-12(19)17-11(7-18)13(20)21-3/h11,18H,5-7H2,1-4H3,(H,17,19)/t11-/m1/s1. The van der Waals surface area contributed by atoms with Gasteiger partial charge in [0.1, 0.15) is 0 Å². The number of hydrogen-bond acceptors (Lipinski definition) is 7. The summed E-state index contributed by atoms with van der Waals surface area (Å²) in [6.07, 6.45) is 2.55. The molecule has 2 N–H and O–H groups in total. The van der Waals surface area contributed by atoms with Gasteiger partial charge >= 0.3 is 5.97 Å². The van der Waals surface area contributed by atoms with Crippen molar-refractivity contribution in [2.45, 2.75) is 37.9 Å². The second kappa shape index (κ2) is 8.70. The van der Waals surface area contributed by atoms with Crippen LogP contribution in [0.3, 0.4) is 0 Å². The molecule has 0 spiro atoms. The van der Waals surface area contributed by atoms with Crippen LogP contribution in [0.25, 0.3) is 0 Å². The quantitative estimate of drug-likeness (QED) is 0.424. The van der Waals surface area contributed by atoms with Crippen molar-refractivity contribution in [1.29, 1.82) is 0 Å². The molecule has 0 bridgehead atoms.